The van der Waals surface area contributed by atoms with Gasteiger partial charge in [0.25, 0.3) is 5.91 Å². The molecule has 0 saturated heterocycles. The van der Waals surface area contributed by atoms with E-state index in [9.17, 15) is 4.79 Å². The summed E-state index contributed by atoms with van der Waals surface area (Å²) in [6.07, 6.45) is 0. The molecule has 2 aromatic carbocycles. The molecule has 3 aromatic rings. The summed E-state index contributed by atoms with van der Waals surface area (Å²) < 4.78 is 16.0. The van der Waals surface area contributed by atoms with Crippen LogP contribution in [-0.2, 0) is 5.75 Å². The summed E-state index contributed by atoms with van der Waals surface area (Å²) in [6.45, 7) is 2.00. The van der Waals surface area contributed by atoms with Crippen molar-refractivity contribution in [3.63, 3.8) is 0 Å². The molecule has 0 aliphatic carbocycles. The summed E-state index contributed by atoms with van der Waals surface area (Å²) in [7, 11) is 4.60. The normalized spacial score (nSPS) is 10.5. The summed E-state index contributed by atoms with van der Waals surface area (Å²) in [4.78, 5) is 18.2. The van der Waals surface area contributed by atoms with E-state index in [0.717, 1.165) is 21.3 Å². The number of thiazole rings is 1. The molecule has 1 amide bonds. The Bertz CT molecular complexity index is 962. The van der Waals surface area contributed by atoms with Gasteiger partial charge in [-0.05, 0) is 31.2 Å². The maximum Gasteiger partial charge on any atom is 0.255 e. The molecule has 1 aromatic heterocycles. The maximum absolute atomic E-state index is 12.6. The van der Waals surface area contributed by atoms with E-state index < -0.39 is 0 Å². The number of aromatic nitrogens is 1. The van der Waals surface area contributed by atoms with Gasteiger partial charge in [-0.15, -0.1) is 23.1 Å². The Morgan fingerprint density at radius 1 is 1.07 bits per heavy atom. The molecule has 0 aliphatic heterocycles. The Morgan fingerprint density at radius 3 is 2.24 bits per heavy atom. The van der Waals surface area contributed by atoms with Gasteiger partial charge in [0.15, 0.2) is 11.5 Å². The van der Waals surface area contributed by atoms with E-state index >= 15 is 0 Å². The van der Waals surface area contributed by atoms with Gasteiger partial charge >= 0.3 is 0 Å². The summed E-state index contributed by atoms with van der Waals surface area (Å²) in [5.41, 5.74) is 2.19. The smallest absolute Gasteiger partial charge is 0.255 e. The monoisotopic (exact) mass is 430 g/mol. The number of carbonyl (C=O) groups excluding carboxylic acids is 1. The highest BCUT2D eigenvalue weighted by Crippen LogP contribution is 2.40. The summed E-state index contributed by atoms with van der Waals surface area (Å²) in [5, 5.41) is 6.01. The number of benzene rings is 2. The third-order valence-electron chi connectivity index (χ3n) is 4.09. The van der Waals surface area contributed by atoms with Gasteiger partial charge in [0.2, 0.25) is 5.75 Å². The number of ether oxygens (including phenoxy) is 3. The van der Waals surface area contributed by atoms with E-state index in [1.807, 2.05) is 31.2 Å². The van der Waals surface area contributed by atoms with Gasteiger partial charge in [-0.1, -0.05) is 0 Å². The first-order chi connectivity index (χ1) is 14.0. The third kappa shape index (κ3) is 5.21. The number of hydrogen-bond donors (Lipinski definition) is 1. The van der Waals surface area contributed by atoms with E-state index in [1.54, 1.807) is 35.2 Å². The third-order valence-corrected chi connectivity index (χ3v) is 5.96. The molecule has 0 saturated carbocycles. The standard InChI is InChI=1S/C21H22N2O4S2/c1-13-22-16(11-28-13)12-29-17-7-5-14(6-8-17)21(24)23-15-9-18(25-2)20(27-4)19(10-15)26-3/h5-11H,12H2,1-4H3,(H,23,24). The molecule has 1 heterocycles. The second-order valence-corrected chi connectivity index (χ2v) is 8.15. The Kier molecular flexibility index (Phi) is 7.00. The van der Waals surface area contributed by atoms with Crippen molar-refractivity contribution in [3.8, 4) is 17.2 Å². The van der Waals surface area contributed by atoms with Crippen LogP contribution >= 0.6 is 23.1 Å². The van der Waals surface area contributed by atoms with Gasteiger partial charge < -0.3 is 19.5 Å². The predicted molar refractivity (Wildman–Crippen MR) is 117 cm³/mol. The van der Waals surface area contributed by atoms with E-state index in [-0.39, 0.29) is 5.91 Å². The fourth-order valence-electron chi connectivity index (χ4n) is 2.69. The molecule has 29 heavy (non-hydrogen) atoms. The highest BCUT2D eigenvalue weighted by Gasteiger charge is 2.15. The predicted octanol–water partition coefficient (Wildman–Crippen LogP) is 5.02. The lowest BCUT2D eigenvalue weighted by molar-refractivity contribution is 0.102. The first-order valence-electron chi connectivity index (χ1n) is 8.79. The second kappa shape index (κ2) is 9.67. The number of anilines is 1. The van der Waals surface area contributed by atoms with Crippen molar-refractivity contribution in [2.75, 3.05) is 26.6 Å². The van der Waals surface area contributed by atoms with Crippen LogP contribution in [0.5, 0.6) is 17.2 Å². The molecule has 8 heteroatoms. The molecule has 152 valence electrons. The molecule has 0 aliphatic rings. The molecule has 1 N–H and O–H groups in total. The Labute approximate surface area is 178 Å². The average molecular weight is 431 g/mol. The first-order valence-corrected chi connectivity index (χ1v) is 10.7. The van der Waals surface area contributed by atoms with Crippen LogP contribution in [0.1, 0.15) is 21.1 Å². The highest BCUT2D eigenvalue weighted by molar-refractivity contribution is 7.98. The van der Waals surface area contributed by atoms with Crippen LogP contribution in [0.3, 0.4) is 0 Å². The quantitative estimate of drug-likeness (QED) is 0.506. The largest absolute Gasteiger partial charge is 0.493 e. The highest BCUT2D eigenvalue weighted by atomic mass is 32.2. The number of rotatable bonds is 8. The molecule has 0 radical (unpaired) electrons. The van der Waals surface area contributed by atoms with Crippen molar-refractivity contribution >= 4 is 34.7 Å². The van der Waals surface area contributed by atoms with Crippen molar-refractivity contribution in [2.45, 2.75) is 17.6 Å². The molecule has 0 bridgehead atoms. The molecule has 0 unspecified atom stereocenters. The SMILES string of the molecule is COc1cc(NC(=O)c2ccc(SCc3csc(C)n3)cc2)cc(OC)c1OC. The van der Waals surface area contributed by atoms with E-state index in [4.69, 9.17) is 14.2 Å². The van der Waals surface area contributed by atoms with Gasteiger partial charge in [0, 0.05) is 39.4 Å². The number of carbonyl (C=O) groups is 1. The zero-order valence-corrected chi connectivity index (χ0v) is 18.3. The minimum atomic E-state index is -0.217. The van der Waals surface area contributed by atoms with Crippen molar-refractivity contribution < 1.29 is 19.0 Å². The number of hydrogen-bond acceptors (Lipinski definition) is 7. The van der Waals surface area contributed by atoms with Crippen LogP contribution in [0.15, 0.2) is 46.7 Å². The number of methoxy groups -OCH3 is 3. The maximum atomic E-state index is 12.6. The van der Waals surface area contributed by atoms with E-state index in [2.05, 4.69) is 15.7 Å². The Morgan fingerprint density at radius 2 is 1.72 bits per heavy atom. The van der Waals surface area contributed by atoms with Crippen molar-refractivity contribution in [2.24, 2.45) is 0 Å². The van der Waals surface area contributed by atoms with Gasteiger partial charge in [-0.3, -0.25) is 4.79 Å². The summed E-state index contributed by atoms with van der Waals surface area (Å²) in [5.74, 6) is 2.02. The fourth-order valence-corrected chi connectivity index (χ4v) is 4.20. The van der Waals surface area contributed by atoms with Gasteiger partial charge in [-0.25, -0.2) is 4.98 Å². The minimum absolute atomic E-state index is 0.217. The van der Waals surface area contributed by atoms with Gasteiger partial charge in [-0.2, -0.15) is 0 Å². The molecule has 0 atom stereocenters. The fraction of sp³-hybridized carbons (Fsp3) is 0.238. The first kappa shape index (κ1) is 21.0. The molecule has 0 fully saturated rings. The molecule has 3 rings (SSSR count). The van der Waals surface area contributed by atoms with E-state index in [0.29, 0.717) is 28.5 Å². The summed E-state index contributed by atoms with van der Waals surface area (Å²) in [6, 6.07) is 10.9. The van der Waals surface area contributed by atoms with E-state index in [1.165, 1.54) is 21.3 Å². The van der Waals surface area contributed by atoms with Crippen LogP contribution < -0.4 is 19.5 Å². The van der Waals surface area contributed by atoms with Gasteiger partial charge in [0.05, 0.1) is 32.0 Å². The topological polar surface area (TPSA) is 69.7 Å². The number of amides is 1. The lowest BCUT2D eigenvalue weighted by Gasteiger charge is -2.14. The van der Waals surface area contributed by atoms with Crippen LogP contribution in [-0.4, -0.2) is 32.2 Å². The van der Waals surface area contributed by atoms with Crippen LogP contribution in [0.2, 0.25) is 0 Å². The minimum Gasteiger partial charge on any atom is -0.493 e. The number of aryl methyl sites for hydroxylation is 1. The zero-order chi connectivity index (χ0) is 20.8. The Balaban J connectivity index is 1.67. The lowest BCUT2D eigenvalue weighted by Crippen LogP contribution is -2.12. The molecule has 6 nitrogen and oxygen atoms in total. The van der Waals surface area contributed by atoms with Crippen molar-refractivity contribution in [1.29, 1.82) is 0 Å². The number of thioether (sulfide) groups is 1. The lowest BCUT2D eigenvalue weighted by atomic mass is 10.2. The second-order valence-electron chi connectivity index (χ2n) is 6.04. The number of nitrogens with zero attached hydrogens (tertiary/aromatic N) is 1. The van der Waals surface area contributed by atoms with Crippen LogP contribution in [0, 0.1) is 6.92 Å². The molecule has 0 spiro atoms. The number of nitrogens with one attached hydrogen (secondary N) is 1. The van der Waals surface area contributed by atoms with Gasteiger partial charge in [0.1, 0.15) is 0 Å². The zero-order valence-electron chi connectivity index (χ0n) is 16.6. The average Bonchev–Trinajstić information content (AvgIpc) is 3.16. The molecular formula is C21H22N2O4S2. The van der Waals surface area contributed by atoms with Crippen LogP contribution in [0.4, 0.5) is 5.69 Å². The van der Waals surface area contributed by atoms with Crippen molar-refractivity contribution in [1.82, 2.24) is 4.98 Å². The summed E-state index contributed by atoms with van der Waals surface area (Å²) >= 11 is 3.34. The van der Waals surface area contributed by atoms with Crippen molar-refractivity contribution in [3.05, 3.63) is 58.0 Å². The van der Waals surface area contributed by atoms with Crippen LogP contribution in [0.25, 0.3) is 0 Å². The Hall–Kier alpha value is -2.71. The molecular weight excluding hydrogens is 408 g/mol.